The van der Waals surface area contributed by atoms with Crippen LogP contribution in [0.5, 0.6) is 0 Å². The first-order valence-corrected chi connectivity index (χ1v) is 5.96. The Kier molecular flexibility index (Phi) is 3.99. The molecule has 0 aliphatic carbocycles. The summed E-state index contributed by atoms with van der Waals surface area (Å²) >= 11 is 0. The van der Waals surface area contributed by atoms with E-state index in [2.05, 4.69) is 5.32 Å². The number of anilines is 1. The van der Waals surface area contributed by atoms with Crippen LogP contribution in [0.15, 0.2) is 48.5 Å². The quantitative estimate of drug-likeness (QED) is 0.799. The summed E-state index contributed by atoms with van der Waals surface area (Å²) in [6, 6.07) is 11.5. The van der Waals surface area contributed by atoms with Crippen molar-refractivity contribution in [2.75, 3.05) is 5.32 Å². The third-order valence-corrected chi connectivity index (χ3v) is 2.78. The summed E-state index contributed by atoms with van der Waals surface area (Å²) < 4.78 is 0. The summed E-state index contributed by atoms with van der Waals surface area (Å²) in [7, 11) is 0. The zero-order valence-corrected chi connectivity index (χ0v) is 10.7. The topological polar surface area (TPSA) is 104 Å². The number of aromatic carboxylic acids is 2. The molecule has 0 radical (unpaired) electrons. The predicted octanol–water partition coefficient (Wildman–Crippen LogP) is 2.34. The van der Waals surface area contributed by atoms with E-state index in [0.29, 0.717) is 0 Å². The Hall–Kier alpha value is -3.15. The van der Waals surface area contributed by atoms with E-state index >= 15 is 0 Å². The van der Waals surface area contributed by atoms with Crippen LogP contribution in [-0.4, -0.2) is 28.1 Å². The molecule has 0 fully saturated rings. The van der Waals surface area contributed by atoms with E-state index in [0.717, 1.165) is 0 Å². The van der Waals surface area contributed by atoms with Crippen LogP contribution in [0.4, 0.5) is 5.69 Å². The number of rotatable bonds is 4. The lowest BCUT2D eigenvalue weighted by Crippen LogP contribution is -2.15. The van der Waals surface area contributed by atoms with Crippen molar-refractivity contribution >= 4 is 23.5 Å². The smallest absolute Gasteiger partial charge is 0.337 e. The molecule has 2 rings (SSSR count). The van der Waals surface area contributed by atoms with Gasteiger partial charge in [-0.1, -0.05) is 18.2 Å². The molecule has 2 aromatic carbocycles. The van der Waals surface area contributed by atoms with Crippen LogP contribution in [0.3, 0.4) is 0 Å². The number of benzene rings is 2. The Labute approximate surface area is 119 Å². The van der Waals surface area contributed by atoms with Crippen molar-refractivity contribution < 1.29 is 24.6 Å². The van der Waals surface area contributed by atoms with Gasteiger partial charge in [-0.3, -0.25) is 4.79 Å². The molecule has 21 heavy (non-hydrogen) atoms. The standard InChI is InChI=1S/C15H11NO5/c17-13(9-4-3-5-10(8-9)14(18)19)16-12-7-2-1-6-11(12)15(20)21/h1-8H,(H,16,17)(H,18,19)(H,20,21). The number of carbonyl (C=O) groups excluding carboxylic acids is 1. The third-order valence-electron chi connectivity index (χ3n) is 2.78. The van der Waals surface area contributed by atoms with Gasteiger partial charge in [0.1, 0.15) is 0 Å². The summed E-state index contributed by atoms with van der Waals surface area (Å²) in [5, 5.41) is 20.4. The fourth-order valence-corrected chi connectivity index (χ4v) is 1.77. The Morgan fingerprint density at radius 3 is 2.14 bits per heavy atom. The van der Waals surface area contributed by atoms with Crippen molar-refractivity contribution in [1.82, 2.24) is 0 Å². The van der Waals surface area contributed by atoms with E-state index in [4.69, 9.17) is 10.2 Å². The number of hydrogen-bond donors (Lipinski definition) is 3. The molecule has 1 amide bonds. The molecule has 3 N–H and O–H groups in total. The normalized spacial score (nSPS) is 9.90. The van der Waals surface area contributed by atoms with Crippen LogP contribution in [0.1, 0.15) is 31.1 Å². The van der Waals surface area contributed by atoms with Gasteiger partial charge in [0, 0.05) is 5.56 Å². The molecule has 0 saturated heterocycles. The molecule has 0 saturated carbocycles. The van der Waals surface area contributed by atoms with Crippen LogP contribution in [0, 0.1) is 0 Å². The SMILES string of the molecule is O=C(O)c1cccc(C(=O)Nc2ccccc2C(=O)O)c1. The third kappa shape index (κ3) is 3.24. The number of carboxylic acids is 2. The average molecular weight is 285 g/mol. The minimum Gasteiger partial charge on any atom is -0.478 e. The second-order valence-electron chi connectivity index (χ2n) is 4.19. The lowest BCUT2D eigenvalue weighted by Gasteiger charge is -2.08. The van der Waals surface area contributed by atoms with Crippen molar-refractivity contribution in [3.05, 3.63) is 65.2 Å². The van der Waals surface area contributed by atoms with Gasteiger partial charge in [-0.05, 0) is 30.3 Å². The predicted molar refractivity (Wildman–Crippen MR) is 74.8 cm³/mol. The Balaban J connectivity index is 2.28. The molecular weight excluding hydrogens is 274 g/mol. The second-order valence-corrected chi connectivity index (χ2v) is 4.19. The molecule has 0 unspecified atom stereocenters. The van der Waals surface area contributed by atoms with Crippen molar-refractivity contribution in [3.8, 4) is 0 Å². The zero-order chi connectivity index (χ0) is 15.4. The van der Waals surface area contributed by atoms with Gasteiger partial charge in [0.05, 0.1) is 16.8 Å². The van der Waals surface area contributed by atoms with Gasteiger partial charge in [0.25, 0.3) is 5.91 Å². The molecule has 0 spiro atoms. The second kappa shape index (κ2) is 5.87. The van der Waals surface area contributed by atoms with E-state index in [1.54, 1.807) is 12.1 Å². The van der Waals surface area contributed by atoms with E-state index in [1.807, 2.05) is 0 Å². The summed E-state index contributed by atoms with van der Waals surface area (Å²) in [6.45, 7) is 0. The Bertz CT molecular complexity index is 724. The largest absolute Gasteiger partial charge is 0.478 e. The molecule has 6 nitrogen and oxygen atoms in total. The summed E-state index contributed by atoms with van der Waals surface area (Å²) in [5.74, 6) is -2.88. The van der Waals surface area contributed by atoms with Crippen LogP contribution in [-0.2, 0) is 0 Å². The molecule has 0 atom stereocenters. The van der Waals surface area contributed by atoms with Gasteiger partial charge < -0.3 is 15.5 Å². The van der Waals surface area contributed by atoms with Crippen molar-refractivity contribution in [1.29, 1.82) is 0 Å². The highest BCUT2D eigenvalue weighted by molar-refractivity contribution is 6.08. The maximum absolute atomic E-state index is 12.1. The van der Waals surface area contributed by atoms with Crippen molar-refractivity contribution in [3.63, 3.8) is 0 Å². The molecule has 0 aliphatic rings. The molecule has 0 heterocycles. The molecular formula is C15H11NO5. The summed E-state index contributed by atoms with van der Waals surface area (Å²) in [6.07, 6.45) is 0. The van der Waals surface area contributed by atoms with E-state index in [9.17, 15) is 14.4 Å². The first-order chi connectivity index (χ1) is 9.99. The van der Waals surface area contributed by atoms with Gasteiger partial charge in [0.15, 0.2) is 0 Å². The highest BCUT2D eigenvalue weighted by Gasteiger charge is 2.14. The van der Waals surface area contributed by atoms with Crippen LogP contribution in [0.25, 0.3) is 0 Å². The molecule has 0 aliphatic heterocycles. The van der Waals surface area contributed by atoms with Gasteiger partial charge in [-0.15, -0.1) is 0 Å². The first kappa shape index (κ1) is 14.3. The number of hydrogen-bond acceptors (Lipinski definition) is 3. The lowest BCUT2D eigenvalue weighted by atomic mass is 10.1. The fourth-order valence-electron chi connectivity index (χ4n) is 1.77. The highest BCUT2D eigenvalue weighted by Crippen LogP contribution is 2.16. The van der Waals surface area contributed by atoms with Gasteiger partial charge in [-0.25, -0.2) is 9.59 Å². The first-order valence-electron chi connectivity index (χ1n) is 5.96. The Morgan fingerprint density at radius 1 is 0.810 bits per heavy atom. The lowest BCUT2D eigenvalue weighted by molar-refractivity contribution is 0.0686. The maximum Gasteiger partial charge on any atom is 0.337 e. The fraction of sp³-hybridized carbons (Fsp3) is 0. The monoisotopic (exact) mass is 285 g/mol. The average Bonchev–Trinajstić information content (AvgIpc) is 2.47. The number of para-hydroxylation sites is 1. The van der Waals surface area contributed by atoms with Crippen LogP contribution in [0.2, 0.25) is 0 Å². The van der Waals surface area contributed by atoms with Crippen molar-refractivity contribution in [2.24, 2.45) is 0 Å². The Morgan fingerprint density at radius 2 is 1.48 bits per heavy atom. The molecule has 6 heteroatoms. The van der Waals surface area contributed by atoms with Gasteiger partial charge in [0.2, 0.25) is 0 Å². The minimum absolute atomic E-state index is 0.0193. The van der Waals surface area contributed by atoms with Crippen LogP contribution < -0.4 is 5.32 Å². The number of amides is 1. The molecule has 0 aromatic heterocycles. The van der Waals surface area contributed by atoms with E-state index < -0.39 is 17.8 Å². The van der Waals surface area contributed by atoms with Gasteiger partial charge in [-0.2, -0.15) is 0 Å². The van der Waals surface area contributed by atoms with Crippen molar-refractivity contribution in [2.45, 2.75) is 0 Å². The molecule has 0 bridgehead atoms. The number of carboxylic acid groups (broad SMARTS) is 2. The van der Waals surface area contributed by atoms with E-state index in [-0.39, 0.29) is 22.4 Å². The zero-order valence-electron chi connectivity index (χ0n) is 10.7. The molecule has 106 valence electrons. The maximum atomic E-state index is 12.1. The number of carbonyl (C=O) groups is 3. The summed E-state index contributed by atoms with van der Waals surface area (Å²) in [5.41, 5.74) is 0.222. The minimum atomic E-state index is -1.16. The highest BCUT2D eigenvalue weighted by atomic mass is 16.4. The van der Waals surface area contributed by atoms with Crippen LogP contribution >= 0.6 is 0 Å². The number of nitrogens with one attached hydrogen (secondary N) is 1. The molecule has 2 aromatic rings. The summed E-state index contributed by atoms with van der Waals surface area (Å²) in [4.78, 5) is 34.0. The van der Waals surface area contributed by atoms with E-state index in [1.165, 1.54) is 36.4 Å². The van der Waals surface area contributed by atoms with Gasteiger partial charge >= 0.3 is 11.9 Å².